The Labute approximate surface area is 120 Å². The van der Waals surface area contributed by atoms with E-state index in [1.54, 1.807) is 21.1 Å². The molecule has 0 bridgehead atoms. The van der Waals surface area contributed by atoms with E-state index in [0.29, 0.717) is 12.8 Å². The van der Waals surface area contributed by atoms with Crippen molar-refractivity contribution in [2.45, 2.75) is 32.1 Å². The molecule has 6 heteroatoms. The molecule has 1 rings (SSSR count). The van der Waals surface area contributed by atoms with E-state index < -0.39 is 5.41 Å². The summed E-state index contributed by atoms with van der Waals surface area (Å²) in [5.41, 5.74) is 5.08. The van der Waals surface area contributed by atoms with Crippen LogP contribution >= 0.6 is 12.2 Å². The van der Waals surface area contributed by atoms with Crippen molar-refractivity contribution in [3.05, 3.63) is 0 Å². The maximum absolute atomic E-state index is 12.6. The molecule has 0 unspecified atom stereocenters. The summed E-state index contributed by atoms with van der Waals surface area (Å²) in [6.45, 7) is 0.0657. The minimum Gasteiger partial charge on any atom is -0.392 e. The summed E-state index contributed by atoms with van der Waals surface area (Å²) in [5, 5.41) is 0. The van der Waals surface area contributed by atoms with Crippen molar-refractivity contribution in [3.63, 3.8) is 0 Å². The van der Waals surface area contributed by atoms with Gasteiger partial charge < -0.3 is 15.5 Å². The van der Waals surface area contributed by atoms with Crippen LogP contribution in [0.3, 0.4) is 0 Å². The van der Waals surface area contributed by atoms with Crippen molar-refractivity contribution < 1.29 is 9.59 Å². The van der Waals surface area contributed by atoms with E-state index in [1.165, 1.54) is 9.80 Å². The molecule has 1 fully saturated rings. The Hall–Kier alpha value is -1.17. The number of hydrogen-bond donors (Lipinski definition) is 1. The van der Waals surface area contributed by atoms with Gasteiger partial charge in [-0.1, -0.05) is 31.5 Å². The highest BCUT2D eigenvalue weighted by molar-refractivity contribution is 7.80. The maximum atomic E-state index is 12.6. The first-order valence-electron chi connectivity index (χ1n) is 6.57. The second-order valence-corrected chi connectivity index (χ2v) is 5.90. The highest BCUT2D eigenvalue weighted by Gasteiger charge is 2.44. The van der Waals surface area contributed by atoms with Crippen LogP contribution in [-0.2, 0) is 9.59 Å². The largest absolute Gasteiger partial charge is 0.392 e. The molecule has 0 aliphatic heterocycles. The number of thiocarbonyl (C=S) groups is 1. The lowest BCUT2D eigenvalue weighted by atomic mass is 9.73. The van der Waals surface area contributed by atoms with Gasteiger partial charge in [0.15, 0.2) is 0 Å². The molecule has 0 radical (unpaired) electrons. The summed E-state index contributed by atoms with van der Waals surface area (Å²) in [7, 11) is 4.98. The summed E-state index contributed by atoms with van der Waals surface area (Å²) in [6.07, 6.45) is 4.42. The van der Waals surface area contributed by atoms with Gasteiger partial charge in [-0.3, -0.25) is 9.59 Å². The molecule has 1 aliphatic carbocycles. The Balaban J connectivity index is 2.82. The highest BCUT2D eigenvalue weighted by Crippen LogP contribution is 2.38. The summed E-state index contributed by atoms with van der Waals surface area (Å²) in [6, 6.07) is 0. The predicted molar refractivity (Wildman–Crippen MR) is 78.6 cm³/mol. The predicted octanol–water partition coefficient (Wildman–Crippen LogP) is 0.770. The monoisotopic (exact) mass is 285 g/mol. The van der Waals surface area contributed by atoms with Gasteiger partial charge in [0.1, 0.15) is 0 Å². The van der Waals surface area contributed by atoms with Crippen LogP contribution in [-0.4, -0.2) is 54.3 Å². The van der Waals surface area contributed by atoms with Gasteiger partial charge in [0, 0.05) is 21.1 Å². The second-order valence-electron chi connectivity index (χ2n) is 5.46. The van der Waals surface area contributed by atoms with Gasteiger partial charge in [-0.2, -0.15) is 0 Å². The summed E-state index contributed by atoms with van der Waals surface area (Å²) >= 11 is 5.12. The number of amides is 2. The lowest BCUT2D eigenvalue weighted by Gasteiger charge is -2.37. The van der Waals surface area contributed by atoms with Crippen molar-refractivity contribution in [2.75, 3.05) is 27.7 Å². The number of nitrogens with two attached hydrogens (primary N) is 1. The zero-order valence-corrected chi connectivity index (χ0v) is 12.8. The Morgan fingerprint density at radius 3 is 2.11 bits per heavy atom. The van der Waals surface area contributed by atoms with Crippen molar-refractivity contribution in [1.29, 1.82) is 0 Å². The lowest BCUT2D eigenvalue weighted by Crippen LogP contribution is -2.52. The number of carbonyl (C=O) groups excluding carboxylic acids is 2. The van der Waals surface area contributed by atoms with Gasteiger partial charge in [-0.05, 0) is 12.8 Å². The van der Waals surface area contributed by atoms with E-state index in [-0.39, 0.29) is 23.3 Å². The van der Waals surface area contributed by atoms with Crippen LogP contribution in [0.25, 0.3) is 0 Å². The molecule has 19 heavy (non-hydrogen) atoms. The smallest absolute Gasteiger partial charge is 0.241 e. The average Bonchev–Trinajstić information content (AvgIpc) is 2.38. The zero-order chi connectivity index (χ0) is 14.6. The van der Waals surface area contributed by atoms with Crippen molar-refractivity contribution >= 4 is 29.0 Å². The van der Waals surface area contributed by atoms with Crippen molar-refractivity contribution in [2.24, 2.45) is 11.1 Å². The van der Waals surface area contributed by atoms with E-state index in [9.17, 15) is 9.59 Å². The van der Waals surface area contributed by atoms with Crippen LogP contribution in [0.15, 0.2) is 0 Å². The molecule has 2 amide bonds. The normalized spacial score (nSPS) is 17.6. The van der Waals surface area contributed by atoms with Crippen LogP contribution in [0.5, 0.6) is 0 Å². The van der Waals surface area contributed by atoms with Gasteiger partial charge >= 0.3 is 0 Å². The number of hydrogen-bond acceptors (Lipinski definition) is 3. The first-order chi connectivity index (χ1) is 8.81. The van der Waals surface area contributed by atoms with E-state index in [0.717, 1.165) is 19.3 Å². The zero-order valence-electron chi connectivity index (χ0n) is 11.9. The van der Waals surface area contributed by atoms with Gasteiger partial charge in [0.25, 0.3) is 0 Å². The molecule has 0 heterocycles. The second kappa shape index (κ2) is 6.32. The Kier molecular flexibility index (Phi) is 5.29. The van der Waals surface area contributed by atoms with Crippen LogP contribution in [0.1, 0.15) is 32.1 Å². The standard InChI is InChI=1S/C13H23N3O2S/c1-15(2)10(17)9-16(3)12(18)13(11(14)19)7-5-4-6-8-13/h4-9H2,1-3H3,(H2,14,19). The van der Waals surface area contributed by atoms with Crippen molar-refractivity contribution in [3.8, 4) is 0 Å². The topological polar surface area (TPSA) is 66.6 Å². The molecule has 0 aromatic carbocycles. The van der Waals surface area contributed by atoms with Crippen molar-refractivity contribution in [1.82, 2.24) is 9.80 Å². The third-order valence-electron chi connectivity index (χ3n) is 3.81. The summed E-state index contributed by atoms with van der Waals surface area (Å²) in [5.74, 6) is -0.223. The molecular weight excluding hydrogens is 262 g/mol. The number of carbonyl (C=O) groups is 2. The Morgan fingerprint density at radius 1 is 1.16 bits per heavy atom. The fourth-order valence-electron chi connectivity index (χ4n) is 2.50. The molecule has 0 spiro atoms. The lowest BCUT2D eigenvalue weighted by molar-refractivity contribution is -0.143. The molecule has 2 N–H and O–H groups in total. The Bertz CT molecular complexity index is 376. The van der Waals surface area contributed by atoms with E-state index in [2.05, 4.69) is 0 Å². The maximum Gasteiger partial charge on any atom is 0.241 e. The Morgan fingerprint density at radius 2 is 1.68 bits per heavy atom. The highest BCUT2D eigenvalue weighted by atomic mass is 32.1. The van der Waals surface area contributed by atoms with Crippen LogP contribution in [0.4, 0.5) is 0 Å². The van der Waals surface area contributed by atoms with E-state index in [1.807, 2.05) is 0 Å². The molecule has 0 aromatic rings. The molecule has 0 atom stereocenters. The van der Waals surface area contributed by atoms with Gasteiger partial charge in [-0.15, -0.1) is 0 Å². The quantitative estimate of drug-likeness (QED) is 0.775. The first kappa shape index (κ1) is 15.9. The fraction of sp³-hybridized carbons (Fsp3) is 0.769. The van der Waals surface area contributed by atoms with Gasteiger partial charge in [0.2, 0.25) is 11.8 Å². The van der Waals surface area contributed by atoms with Gasteiger partial charge in [-0.25, -0.2) is 0 Å². The molecule has 108 valence electrons. The molecule has 5 nitrogen and oxygen atoms in total. The molecule has 1 saturated carbocycles. The fourth-order valence-corrected chi connectivity index (χ4v) is 2.79. The SMILES string of the molecule is CN(C)C(=O)CN(C)C(=O)C1(C(N)=S)CCCCC1. The third-order valence-corrected chi connectivity index (χ3v) is 4.20. The molecule has 0 saturated heterocycles. The average molecular weight is 285 g/mol. The van der Waals surface area contributed by atoms with E-state index in [4.69, 9.17) is 18.0 Å². The molecule has 0 aromatic heterocycles. The van der Waals surface area contributed by atoms with Crippen LogP contribution < -0.4 is 5.73 Å². The van der Waals surface area contributed by atoms with E-state index >= 15 is 0 Å². The summed E-state index contributed by atoms with van der Waals surface area (Å²) < 4.78 is 0. The summed E-state index contributed by atoms with van der Waals surface area (Å²) in [4.78, 5) is 27.5. The number of rotatable bonds is 4. The van der Waals surface area contributed by atoms with Crippen LogP contribution in [0, 0.1) is 5.41 Å². The molecular formula is C13H23N3O2S. The van der Waals surface area contributed by atoms with Crippen LogP contribution in [0.2, 0.25) is 0 Å². The molecule has 1 aliphatic rings. The number of nitrogens with zero attached hydrogens (tertiary/aromatic N) is 2. The minimum absolute atomic E-state index is 0.0657. The first-order valence-corrected chi connectivity index (χ1v) is 6.98. The minimum atomic E-state index is -0.741. The van der Waals surface area contributed by atoms with Gasteiger partial charge in [0.05, 0.1) is 16.9 Å². The number of likely N-dealkylation sites (N-methyl/N-ethyl adjacent to an activating group) is 2. The third kappa shape index (κ3) is 3.43.